The van der Waals surface area contributed by atoms with Gasteiger partial charge in [-0.15, -0.1) is 0 Å². The molecule has 0 unspecified atom stereocenters. The minimum Gasteiger partial charge on any atom is -0.469 e. The molecule has 0 heterocycles. The molecule has 0 aromatic carbocycles. The van der Waals surface area contributed by atoms with Gasteiger partial charge in [0.15, 0.2) is 0 Å². The summed E-state index contributed by atoms with van der Waals surface area (Å²) < 4.78 is 31.1. The van der Waals surface area contributed by atoms with Crippen LogP contribution in [0.4, 0.5) is 0 Å². The molecule has 0 saturated heterocycles. The molecule has 0 aliphatic heterocycles. The maximum absolute atomic E-state index is 11.8. The molecule has 104 valence electrons. The van der Waals surface area contributed by atoms with Crippen LogP contribution in [-0.2, 0) is 19.6 Å². The third-order valence-corrected chi connectivity index (χ3v) is 5.36. The molecule has 6 heteroatoms. The van der Waals surface area contributed by atoms with Crippen LogP contribution in [0.3, 0.4) is 0 Å². The molecule has 0 aromatic rings. The minimum atomic E-state index is -3.13. The van der Waals surface area contributed by atoms with E-state index in [1.54, 1.807) is 0 Å². The summed E-state index contributed by atoms with van der Waals surface area (Å²) in [6, 6.07) is -0.00495. The Hall–Kier alpha value is -0.620. The smallest absolute Gasteiger partial charge is 0.308 e. The van der Waals surface area contributed by atoms with E-state index < -0.39 is 10.0 Å². The molecule has 2 aliphatic carbocycles. The van der Waals surface area contributed by atoms with Crippen LogP contribution < -0.4 is 4.72 Å². The fourth-order valence-electron chi connectivity index (χ4n) is 2.51. The van der Waals surface area contributed by atoms with Gasteiger partial charge in [0.25, 0.3) is 0 Å². The highest BCUT2D eigenvalue weighted by Crippen LogP contribution is 2.31. The van der Waals surface area contributed by atoms with Crippen LogP contribution in [0.1, 0.15) is 38.5 Å². The maximum Gasteiger partial charge on any atom is 0.308 e. The second kappa shape index (κ2) is 5.57. The van der Waals surface area contributed by atoms with Crippen molar-refractivity contribution in [2.45, 2.75) is 44.6 Å². The van der Waals surface area contributed by atoms with Gasteiger partial charge < -0.3 is 4.74 Å². The normalized spacial score (nSPS) is 28.9. The number of rotatable bonds is 5. The zero-order chi connectivity index (χ0) is 13.2. The number of sulfonamides is 1. The molecule has 2 aliphatic rings. The molecular weight excluding hydrogens is 254 g/mol. The Morgan fingerprint density at radius 1 is 1.17 bits per heavy atom. The molecule has 18 heavy (non-hydrogen) atoms. The SMILES string of the molecule is COC(=O)C1CCC(NS(=O)(=O)CC2CC2)CC1. The first-order valence-electron chi connectivity index (χ1n) is 6.58. The highest BCUT2D eigenvalue weighted by Gasteiger charge is 2.32. The van der Waals surface area contributed by atoms with E-state index in [1.807, 2.05) is 0 Å². The zero-order valence-electron chi connectivity index (χ0n) is 10.7. The lowest BCUT2D eigenvalue weighted by molar-refractivity contribution is -0.146. The number of esters is 1. The van der Waals surface area contributed by atoms with E-state index >= 15 is 0 Å². The second-order valence-corrected chi connectivity index (χ2v) is 7.21. The molecule has 0 radical (unpaired) electrons. The van der Waals surface area contributed by atoms with E-state index in [4.69, 9.17) is 4.74 Å². The summed E-state index contributed by atoms with van der Waals surface area (Å²) in [5.74, 6) is 0.409. The Morgan fingerprint density at radius 2 is 1.78 bits per heavy atom. The molecule has 5 nitrogen and oxygen atoms in total. The van der Waals surface area contributed by atoms with Gasteiger partial charge in [0.1, 0.15) is 0 Å². The lowest BCUT2D eigenvalue weighted by Gasteiger charge is -2.27. The number of nitrogens with one attached hydrogen (secondary N) is 1. The van der Waals surface area contributed by atoms with Crippen LogP contribution in [0, 0.1) is 11.8 Å². The highest BCUT2D eigenvalue weighted by atomic mass is 32.2. The summed E-state index contributed by atoms with van der Waals surface area (Å²) in [6.07, 6.45) is 4.95. The Labute approximate surface area is 108 Å². The summed E-state index contributed by atoms with van der Waals surface area (Å²) in [7, 11) is -1.73. The van der Waals surface area contributed by atoms with Crippen molar-refractivity contribution in [1.82, 2.24) is 4.72 Å². The summed E-state index contributed by atoms with van der Waals surface area (Å²) in [4.78, 5) is 11.4. The van der Waals surface area contributed by atoms with Gasteiger partial charge in [-0.05, 0) is 44.4 Å². The molecule has 0 atom stereocenters. The predicted octanol–water partition coefficient (Wildman–Crippen LogP) is 1.05. The summed E-state index contributed by atoms with van der Waals surface area (Å²) in [5, 5.41) is 0. The average molecular weight is 275 g/mol. The van der Waals surface area contributed by atoms with Gasteiger partial charge in [0.2, 0.25) is 10.0 Å². The van der Waals surface area contributed by atoms with Gasteiger partial charge in [0, 0.05) is 6.04 Å². The van der Waals surface area contributed by atoms with E-state index in [-0.39, 0.29) is 23.7 Å². The number of hydrogen-bond donors (Lipinski definition) is 1. The van der Waals surface area contributed by atoms with Crippen molar-refractivity contribution in [2.24, 2.45) is 11.8 Å². The van der Waals surface area contributed by atoms with E-state index in [0.29, 0.717) is 18.8 Å². The standard InChI is InChI=1S/C12H21NO4S/c1-17-12(14)10-4-6-11(7-5-10)13-18(15,16)8-9-2-3-9/h9-11,13H,2-8H2,1H3. The number of carbonyl (C=O) groups excluding carboxylic acids is 1. The zero-order valence-corrected chi connectivity index (χ0v) is 11.5. The summed E-state index contributed by atoms with van der Waals surface area (Å²) in [6.45, 7) is 0. The molecule has 2 saturated carbocycles. The van der Waals surface area contributed by atoms with Crippen molar-refractivity contribution < 1.29 is 17.9 Å². The monoisotopic (exact) mass is 275 g/mol. The third-order valence-electron chi connectivity index (χ3n) is 3.76. The van der Waals surface area contributed by atoms with Crippen molar-refractivity contribution in [3.05, 3.63) is 0 Å². The average Bonchev–Trinajstić information content (AvgIpc) is 3.11. The van der Waals surface area contributed by atoms with Crippen molar-refractivity contribution in [1.29, 1.82) is 0 Å². The van der Waals surface area contributed by atoms with E-state index in [0.717, 1.165) is 25.7 Å². The number of ether oxygens (including phenoxy) is 1. The van der Waals surface area contributed by atoms with Crippen LogP contribution in [0.25, 0.3) is 0 Å². The van der Waals surface area contributed by atoms with E-state index in [9.17, 15) is 13.2 Å². The van der Waals surface area contributed by atoms with Crippen molar-refractivity contribution in [2.75, 3.05) is 12.9 Å². The summed E-state index contributed by atoms with van der Waals surface area (Å²) >= 11 is 0. The fourth-order valence-corrected chi connectivity index (χ4v) is 4.30. The summed E-state index contributed by atoms with van der Waals surface area (Å²) in [5.41, 5.74) is 0. The lowest BCUT2D eigenvalue weighted by atomic mass is 9.86. The van der Waals surface area contributed by atoms with Crippen LogP contribution in [-0.4, -0.2) is 33.3 Å². The molecule has 0 aromatic heterocycles. The van der Waals surface area contributed by atoms with Crippen LogP contribution in [0.2, 0.25) is 0 Å². The number of carbonyl (C=O) groups is 1. The molecule has 2 rings (SSSR count). The third kappa shape index (κ3) is 3.95. The lowest BCUT2D eigenvalue weighted by Crippen LogP contribution is -2.40. The van der Waals surface area contributed by atoms with Gasteiger partial charge in [-0.1, -0.05) is 0 Å². The van der Waals surface area contributed by atoms with Crippen molar-refractivity contribution in [3.63, 3.8) is 0 Å². The maximum atomic E-state index is 11.8. The molecule has 0 bridgehead atoms. The predicted molar refractivity (Wildman–Crippen MR) is 67.4 cm³/mol. The number of hydrogen-bond acceptors (Lipinski definition) is 4. The highest BCUT2D eigenvalue weighted by molar-refractivity contribution is 7.89. The quantitative estimate of drug-likeness (QED) is 0.761. The molecule has 2 fully saturated rings. The van der Waals surface area contributed by atoms with Crippen molar-refractivity contribution >= 4 is 16.0 Å². The topological polar surface area (TPSA) is 72.5 Å². The molecule has 0 amide bonds. The van der Waals surface area contributed by atoms with Gasteiger partial charge in [0.05, 0.1) is 18.8 Å². The fraction of sp³-hybridized carbons (Fsp3) is 0.917. The molecule has 1 N–H and O–H groups in total. The molecular formula is C12H21NO4S. The van der Waals surface area contributed by atoms with Gasteiger partial charge in [-0.2, -0.15) is 0 Å². The first-order chi connectivity index (χ1) is 8.50. The second-order valence-electron chi connectivity index (χ2n) is 5.41. The van der Waals surface area contributed by atoms with Crippen molar-refractivity contribution in [3.8, 4) is 0 Å². The first kappa shape index (κ1) is 13.8. The van der Waals surface area contributed by atoms with Gasteiger partial charge in [-0.25, -0.2) is 13.1 Å². The van der Waals surface area contributed by atoms with Gasteiger partial charge in [-0.3, -0.25) is 4.79 Å². The Balaban J connectivity index is 1.77. The van der Waals surface area contributed by atoms with E-state index in [2.05, 4.69) is 4.72 Å². The molecule has 0 spiro atoms. The number of methoxy groups -OCH3 is 1. The Morgan fingerprint density at radius 3 is 2.28 bits per heavy atom. The first-order valence-corrected chi connectivity index (χ1v) is 8.23. The van der Waals surface area contributed by atoms with Crippen LogP contribution >= 0.6 is 0 Å². The van der Waals surface area contributed by atoms with Gasteiger partial charge >= 0.3 is 5.97 Å². The minimum absolute atomic E-state index is 0.00495. The Kier molecular flexibility index (Phi) is 4.27. The van der Waals surface area contributed by atoms with E-state index in [1.165, 1.54) is 7.11 Å². The van der Waals surface area contributed by atoms with Crippen LogP contribution in [0.5, 0.6) is 0 Å². The largest absolute Gasteiger partial charge is 0.469 e. The Bertz CT molecular complexity index is 394. The van der Waals surface area contributed by atoms with Crippen LogP contribution in [0.15, 0.2) is 0 Å².